The Kier molecular flexibility index (Phi) is 4.34. The Morgan fingerprint density at radius 1 is 0.933 bits per heavy atom. The first-order valence-corrected chi connectivity index (χ1v) is 8.49. The number of carbonyl (C=O) groups excluding carboxylic acids is 2. The van der Waals surface area contributed by atoms with E-state index in [0.717, 1.165) is 24.4 Å². The van der Waals surface area contributed by atoms with E-state index in [-0.39, 0.29) is 33.2 Å². The van der Waals surface area contributed by atoms with Crippen molar-refractivity contribution in [3.8, 4) is 0 Å². The number of hydrazone groups is 1. The molecule has 0 aliphatic carbocycles. The van der Waals surface area contributed by atoms with E-state index in [0.29, 0.717) is 5.01 Å². The van der Waals surface area contributed by atoms with Crippen LogP contribution in [0.3, 0.4) is 0 Å². The highest BCUT2D eigenvalue weighted by atomic mass is 19.4. The van der Waals surface area contributed by atoms with E-state index in [1.165, 1.54) is 36.4 Å². The van der Waals surface area contributed by atoms with Crippen molar-refractivity contribution in [3.05, 3.63) is 87.0 Å². The van der Waals surface area contributed by atoms with Gasteiger partial charge in [0.2, 0.25) is 0 Å². The smallest absolute Gasteiger partial charge is 0.267 e. The van der Waals surface area contributed by atoms with Crippen LogP contribution in [-0.4, -0.2) is 28.0 Å². The Hall–Kier alpha value is -4.08. The highest BCUT2D eigenvalue weighted by Crippen LogP contribution is 2.35. The third-order valence-corrected chi connectivity index (χ3v) is 4.64. The minimum absolute atomic E-state index is 0.00736. The molecule has 30 heavy (non-hydrogen) atoms. The molecule has 1 heterocycles. The van der Waals surface area contributed by atoms with Crippen LogP contribution >= 0.6 is 0 Å². The summed E-state index contributed by atoms with van der Waals surface area (Å²) in [6.07, 6.45) is -3.86. The predicted octanol–water partition coefficient (Wildman–Crippen LogP) is 4.40. The average Bonchev–Trinajstić information content (AvgIpc) is 2.71. The lowest BCUT2D eigenvalue weighted by molar-refractivity contribution is -0.383. The van der Waals surface area contributed by atoms with Gasteiger partial charge < -0.3 is 0 Å². The SMILES string of the molecule is O=C1c2cccc3c([N+](=O)[O-])ccc(c23)C(=O)N1N=Cc1ccccc1C(F)(F)F. The molecule has 3 aromatic rings. The number of imide groups is 1. The highest BCUT2D eigenvalue weighted by molar-refractivity contribution is 6.26. The number of hydrogen-bond donors (Lipinski definition) is 0. The molecule has 4 rings (SSSR count). The second-order valence-corrected chi connectivity index (χ2v) is 6.37. The summed E-state index contributed by atoms with van der Waals surface area (Å²) >= 11 is 0. The van der Waals surface area contributed by atoms with Gasteiger partial charge in [0.25, 0.3) is 17.5 Å². The van der Waals surface area contributed by atoms with Gasteiger partial charge in [-0.05, 0) is 24.3 Å². The molecule has 3 aromatic carbocycles. The summed E-state index contributed by atoms with van der Waals surface area (Å²) in [4.78, 5) is 36.2. The monoisotopic (exact) mass is 413 g/mol. The van der Waals surface area contributed by atoms with Crippen LogP contribution in [-0.2, 0) is 6.18 Å². The highest BCUT2D eigenvalue weighted by Gasteiger charge is 2.36. The minimum atomic E-state index is -4.64. The van der Waals surface area contributed by atoms with Gasteiger partial charge in [-0.1, -0.05) is 24.3 Å². The molecule has 0 saturated carbocycles. The Morgan fingerprint density at radius 2 is 1.60 bits per heavy atom. The van der Waals surface area contributed by atoms with E-state index in [1.807, 2.05) is 0 Å². The standard InChI is InChI=1S/C20H10F3N3O4/c21-20(22,23)15-7-2-1-4-11(15)10-24-25-18(27)13-6-3-5-12-16(26(29)30)9-8-14(17(12)13)19(25)28/h1-10H. The molecule has 10 heteroatoms. The molecule has 0 aromatic heterocycles. The van der Waals surface area contributed by atoms with Gasteiger partial charge in [-0.15, -0.1) is 0 Å². The van der Waals surface area contributed by atoms with Crippen molar-refractivity contribution in [3.63, 3.8) is 0 Å². The van der Waals surface area contributed by atoms with E-state index >= 15 is 0 Å². The number of nitro groups is 1. The zero-order valence-corrected chi connectivity index (χ0v) is 14.9. The summed E-state index contributed by atoms with van der Waals surface area (Å²) in [7, 11) is 0. The third kappa shape index (κ3) is 2.98. The Morgan fingerprint density at radius 3 is 2.27 bits per heavy atom. The van der Waals surface area contributed by atoms with E-state index in [9.17, 15) is 32.9 Å². The number of hydrogen-bond acceptors (Lipinski definition) is 5. The minimum Gasteiger partial charge on any atom is -0.267 e. The first-order valence-electron chi connectivity index (χ1n) is 8.49. The van der Waals surface area contributed by atoms with E-state index in [1.54, 1.807) is 0 Å². The van der Waals surface area contributed by atoms with Crippen molar-refractivity contribution in [2.45, 2.75) is 6.18 Å². The lowest BCUT2D eigenvalue weighted by Gasteiger charge is -2.23. The number of halogens is 3. The molecule has 0 atom stereocenters. The van der Waals surface area contributed by atoms with Crippen molar-refractivity contribution in [2.24, 2.45) is 5.10 Å². The molecule has 0 N–H and O–H groups in total. The maximum Gasteiger partial charge on any atom is 0.417 e. The molecular weight excluding hydrogens is 403 g/mol. The van der Waals surface area contributed by atoms with Crippen LogP contribution in [0.25, 0.3) is 10.8 Å². The predicted molar refractivity (Wildman–Crippen MR) is 100 cm³/mol. The summed E-state index contributed by atoms with van der Waals surface area (Å²) in [6, 6.07) is 11.1. The fourth-order valence-corrected chi connectivity index (χ4v) is 3.32. The summed E-state index contributed by atoms with van der Waals surface area (Å²) in [6.45, 7) is 0. The van der Waals surface area contributed by atoms with Gasteiger partial charge in [0.05, 0.1) is 33.2 Å². The third-order valence-electron chi connectivity index (χ3n) is 4.64. The lowest BCUT2D eigenvalue weighted by Crippen LogP contribution is -2.36. The maximum absolute atomic E-state index is 13.2. The molecule has 0 bridgehead atoms. The zero-order chi connectivity index (χ0) is 21.6. The second-order valence-electron chi connectivity index (χ2n) is 6.37. The van der Waals surface area contributed by atoms with Crippen LogP contribution < -0.4 is 0 Å². The maximum atomic E-state index is 13.2. The Bertz CT molecular complexity index is 1250. The van der Waals surface area contributed by atoms with Crippen molar-refractivity contribution < 1.29 is 27.7 Å². The molecule has 1 aliphatic heterocycles. The quantitative estimate of drug-likeness (QED) is 0.275. The number of amides is 2. The van der Waals surface area contributed by atoms with Gasteiger partial charge in [0, 0.05) is 17.0 Å². The largest absolute Gasteiger partial charge is 0.417 e. The molecule has 0 unspecified atom stereocenters. The topological polar surface area (TPSA) is 92.9 Å². The number of rotatable bonds is 3. The second kappa shape index (κ2) is 6.76. The first-order chi connectivity index (χ1) is 14.2. The van der Waals surface area contributed by atoms with Crippen LogP contribution in [0, 0.1) is 10.1 Å². The van der Waals surface area contributed by atoms with Gasteiger partial charge in [-0.2, -0.15) is 23.3 Å². The zero-order valence-electron chi connectivity index (χ0n) is 14.9. The van der Waals surface area contributed by atoms with Crippen molar-refractivity contribution in [2.75, 3.05) is 0 Å². The molecule has 0 saturated heterocycles. The van der Waals surface area contributed by atoms with Gasteiger partial charge in [-0.3, -0.25) is 19.7 Å². The average molecular weight is 413 g/mol. The lowest BCUT2D eigenvalue weighted by atomic mass is 9.94. The molecule has 0 spiro atoms. The molecule has 2 amide bonds. The normalized spacial score (nSPS) is 14.0. The van der Waals surface area contributed by atoms with E-state index < -0.39 is 28.5 Å². The summed E-state index contributed by atoms with van der Waals surface area (Å²) in [5.74, 6) is -1.78. The summed E-state index contributed by atoms with van der Waals surface area (Å²) < 4.78 is 39.5. The number of alkyl halides is 3. The molecule has 1 aliphatic rings. The molecular formula is C20H10F3N3O4. The van der Waals surface area contributed by atoms with Crippen LogP contribution in [0.4, 0.5) is 18.9 Å². The summed E-state index contributed by atoms with van der Waals surface area (Å²) in [5, 5.41) is 15.6. The van der Waals surface area contributed by atoms with Gasteiger partial charge >= 0.3 is 6.18 Å². The molecule has 7 nitrogen and oxygen atoms in total. The van der Waals surface area contributed by atoms with Crippen LogP contribution in [0.2, 0.25) is 0 Å². The van der Waals surface area contributed by atoms with Crippen molar-refractivity contribution in [1.29, 1.82) is 0 Å². The van der Waals surface area contributed by atoms with Gasteiger partial charge in [-0.25, -0.2) is 0 Å². The Balaban J connectivity index is 1.81. The van der Waals surface area contributed by atoms with Crippen molar-refractivity contribution in [1.82, 2.24) is 5.01 Å². The summed E-state index contributed by atoms with van der Waals surface area (Å²) in [5.41, 5.74) is -1.58. The molecule has 0 radical (unpaired) electrons. The van der Waals surface area contributed by atoms with Crippen LogP contribution in [0.5, 0.6) is 0 Å². The number of nitro benzene ring substituents is 1. The first kappa shape index (κ1) is 19.2. The fourth-order valence-electron chi connectivity index (χ4n) is 3.32. The fraction of sp³-hybridized carbons (Fsp3) is 0.0500. The van der Waals surface area contributed by atoms with Crippen LogP contribution in [0.15, 0.2) is 59.7 Å². The van der Waals surface area contributed by atoms with E-state index in [4.69, 9.17) is 0 Å². The van der Waals surface area contributed by atoms with E-state index in [2.05, 4.69) is 5.10 Å². The number of benzene rings is 3. The Labute approximate surface area is 166 Å². The van der Waals surface area contributed by atoms with Gasteiger partial charge in [0.1, 0.15) is 0 Å². The van der Waals surface area contributed by atoms with Crippen LogP contribution in [0.1, 0.15) is 31.8 Å². The van der Waals surface area contributed by atoms with Crippen molar-refractivity contribution >= 4 is 34.5 Å². The van der Waals surface area contributed by atoms with Gasteiger partial charge in [0.15, 0.2) is 0 Å². The molecule has 0 fully saturated rings. The number of carbonyl (C=O) groups is 2. The number of nitrogens with zero attached hydrogens (tertiary/aromatic N) is 3. The number of non-ortho nitro benzene ring substituents is 1. The molecule has 150 valence electrons.